The van der Waals surface area contributed by atoms with Crippen molar-refractivity contribution < 1.29 is 9.53 Å². The first-order valence-corrected chi connectivity index (χ1v) is 7.11. The number of carbonyl (C=O) groups is 1. The third-order valence-electron chi connectivity index (χ3n) is 3.10. The summed E-state index contributed by atoms with van der Waals surface area (Å²) in [6.07, 6.45) is 1.58. The lowest BCUT2D eigenvalue weighted by atomic mass is 10.0. The summed E-state index contributed by atoms with van der Waals surface area (Å²) in [5, 5.41) is 2.70. The topological polar surface area (TPSA) is 65.2 Å². The quantitative estimate of drug-likeness (QED) is 0.864. The predicted octanol–water partition coefficient (Wildman–Crippen LogP) is 1.81. The van der Waals surface area contributed by atoms with Crippen molar-refractivity contribution in [2.24, 2.45) is 5.73 Å². The van der Waals surface area contributed by atoms with Crippen LogP contribution in [0.5, 0.6) is 5.75 Å². The number of hydrogen-bond donors (Lipinski definition) is 1. The van der Waals surface area contributed by atoms with Gasteiger partial charge in [0.05, 0.1) is 17.2 Å². The molecule has 0 spiro atoms. The fourth-order valence-electron chi connectivity index (χ4n) is 2.19. The first kappa shape index (κ1) is 12.3. The second kappa shape index (κ2) is 5.11. The van der Waals surface area contributed by atoms with Crippen molar-refractivity contribution in [2.75, 3.05) is 13.2 Å². The van der Waals surface area contributed by atoms with Gasteiger partial charge in [0, 0.05) is 18.2 Å². The molecule has 0 atom stereocenters. The number of aromatic nitrogens is 1. The summed E-state index contributed by atoms with van der Waals surface area (Å²) in [5.74, 6) is 0.652. The summed E-state index contributed by atoms with van der Waals surface area (Å²) in [5.41, 5.74) is 7.69. The van der Waals surface area contributed by atoms with Gasteiger partial charge in [0.2, 0.25) is 5.78 Å². The number of fused-ring (bicyclic) bond motifs is 1. The third kappa shape index (κ3) is 2.27. The number of rotatable bonds is 4. The zero-order valence-electron chi connectivity index (χ0n) is 10.4. The number of thiazole rings is 1. The molecule has 0 saturated heterocycles. The van der Waals surface area contributed by atoms with E-state index < -0.39 is 0 Å². The first-order chi connectivity index (χ1) is 9.29. The average Bonchev–Trinajstić information content (AvgIpc) is 3.06. The lowest BCUT2D eigenvalue weighted by Gasteiger charge is -2.05. The van der Waals surface area contributed by atoms with Gasteiger partial charge < -0.3 is 10.5 Å². The van der Waals surface area contributed by atoms with E-state index in [-0.39, 0.29) is 5.78 Å². The molecule has 5 heteroatoms. The van der Waals surface area contributed by atoms with Crippen molar-refractivity contribution in [3.05, 3.63) is 45.4 Å². The van der Waals surface area contributed by atoms with E-state index in [1.807, 2.05) is 12.1 Å². The van der Waals surface area contributed by atoms with E-state index in [0.717, 1.165) is 22.7 Å². The first-order valence-electron chi connectivity index (χ1n) is 6.23. The van der Waals surface area contributed by atoms with Gasteiger partial charge in [-0.25, -0.2) is 4.98 Å². The Labute approximate surface area is 115 Å². The second-order valence-corrected chi connectivity index (χ2v) is 5.33. The Bertz CT molecular complexity index is 622. The number of para-hydroxylation sites is 1. The molecular weight excluding hydrogens is 260 g/mol. The Morgan fingerprint density at radius 1 is 1.47 bits per heavy atom. The summed E-state index contributed by atoms with van der Waals surface area (Å²) in [6.45, 7) is 1.19. The maximum atomic E-state index is 12.5. The van der Waals surface area contributed by atoms with Crippen molar-refractivity contribution in [2.45, 2.75) is 12.8 Å². The molecule has 2 heterocycles. The van der Waals surface area contributed by atoms with Crippen molar-refractivity contribution in [1.82, 2.24) is 4.98 Å². The van der Waals surface area contributed by atoms with Crippen LogP contribution in [-0.2, 0) is 12.8 Å². The van der Waals surface area contributed by atoms with Gasteiger partial charge in [0.1, 0.15) is 11.4 Å². The van der Waals surface area contributed by atoms with E-state index in [0.29, 0.717) is 30.8 Å². The molecule has 19 heavy (non-hydrogen) atoms. The molecule has 0 aliphatic carbocycles. The maximum absolute atomic E-state index is 12.5. The van der Waals surface area contributed by atoms with Crippen LogP contribution in [0.4, 0.5) is 0 Å². The average molecular weight is 274 g/mol. The van der Waals surface area contributed by atoms with Crippen molar-refractivity contribution >= 4 is 17.1 Å². The van der Waals surface area contributed by atoms with Crippen LogP contribution in [0.2, 0.25) is 0 Å². The van der Waals surface area contributed by atoms with Gasteiger partial charge in [0.25, 0.3) is 0 Å². The Balaban J connectivity index is 1.93. The largest absolute Gasteiger partial charge is 0.492 e. The molecule has 0 bridgehead atoms. The van der Waals surface area contributed by atoms with E-state index in [1.54, 1.807) is 11.4 Å². The highest BCUT2D eigenvalue weighted by molar-refractivity contribution is 7.09. The van der Waals surface area contributed by atoms with Crippen molar-refractivity contribution in [3.8, 4) is 5.75 Å². The molecule has 0 unspecified atom stereocenters. The number of ether oxygens (including phenoxy) is 1. The standard InChI is InChI=1S/C14H14N2O2S/c15-6-4-12-16-11(8-19-12)13(17)10-3-1-2-9-5-7-18-14(9)10/h1-3,8H,4-7,15H2. The molecule has 1 aliphatic heterocycles. The van der Waals surface area contributed by atoms with Crippen LogP contribution in [0.15, 0.2) is 23.6 Å². The summed E-state index contributed by atoms with van der Waals surface area (Å²) in [6, 6.07) is 5.70. The number of carbonyl (C=O) groups excluding carboxylic acids is 1. The number of nitrogens with zero attached hydrogens (tertiary/aromatic N) is 1. The smallest absolute Gasteiger partial charge is 0.215 e. The van der Waals surface area contributed by atoms with Gasteiger partial charge in [-0.2, -0.15) is 0 Å². The van der Waals surface area contributed by atoms with Crippen LogP contribution >= 0.6 is 11.3 Å². The molecule has 0 saturated carbocycles. The number of nitrogens with two attached hydrogens (primary N) is 1. The monoisotopic (exact) mass is 274 g/mol. The minimum Gasteiger partial charge on any atom is -0.492 e. The molecule has 1 aliphatic rings. The zero-order chi connectivity index (χ0) is 13.2. The summed E-state index contributed by atoms with van der Waals surface area (Å²) in [7, 11) is 0. The van der Waals surface area contributed by atoms with Crippen LogP contribution in [0, 0.1) is 0 Å². The van der Waals surface area contributed by atoms with Crippen LogP contribution in [-0.4, -0.2) is 23.9 Å². The summed E-state index contributed by atoms with van der Waals surface area (Å²) >= 11 is 1.48. The molecule has 0 amide bonds. The molecule has 1 aromatic heterocycles. The Morgan fingerprint density at radius 3 is 3.21 bits per heavy atom. The molecule has 0 radical (unpaired) electrons. The minimum atomic E-state index is -0.0710. The highest BCUT2D eigenvalue weighted by atomic mass is 32.1. The lowest BCUT2D eigenvalue weighted by molar-refractivity contribution is 0.103. The van der Waals surface area contributed by atoms with E-state index in [1.165, 1.54) is 11.3 Å². The summed E-state index contributed by atoms with van der Waals surface area (Å²) in [4.78, 5) is 16.8. The highest BCUT2D eigenvalue weighted by Crippen LogP contribution is 2.31. The Kier molecular flexibility index (Phi) is 3.31. The van der Waals surface area contributed by atoms with E-state index in [4.69, 9.17) is 10.5 Å². The number of hydrogen-bond acceptors (Lipinski definition) is 5. The molecule has 3 rings (SSSR count). The molecule has 1 aromatic carbocycles. The van der Waals surface area contributed by atoms with Crippen LogP contribution in [0.3, 0.4) is 0 Å². The van der Waals surface area contributed by atoms with Gasteiger partial charge in [-0.3, -0.25) is 4.79 Å². The fraction of sp³-hybridized carbons (Fsp3) is 0.286. The second-order valence-electron chi connectivity index (χ2n) is 4.39. The Hall–Kier alpha value is -1.72. The normalized spacial score (nSPS) is 13.1. The van der Waals surface area contributed by atoms with Gasteiger partial charge in [-0.1, -0.05) is 12.1 Å². The van der Waals surface area contributed by atoms with E-state index in [9.17, 15) is 4.79 Å². The van der Waals surface area contributed by atoms with E-state index >= 15 is 0 Å². The molecular formula is C14H14N2O2S. The summed E-state index contributed by atoms with van der Waals surface area (Å²) < 4.78 is 5.56. The number of benzene rings is 1. The van der Waals surface area contributed by atoms with Gasteiger partial charge in [0.15, 0.2) is 0 Å². The molecule has 0 fully saturated rings. The van der Waals surface area contributed by atoms with Gasteiger partial charge >= 0.3 is 0 Å². The molecule has 98 valence electrons. The maximum Gasteiger partial charge on any atom is 0.215 e. The van der Waals surface area contributed by atoms with Crippen LogP contribution in [0.1, 0.15) is 26.6 Å². The lowest BCUT2D eigenvalue weighted by Crippen LogP contribution is -2.06. The van der Waals surface area contributed by atoms with Crippen LogP contribution < -0.4 is 10.5 Å². The van der Waals surface area contributed by atoms with Gasteiger partial charge in [-0.15, -0.1) is 11.3 Å². The van der Waals surface area contributed by atoms with Crippen LogP contribution in [0.25, 0.3) is 0 Å². The van der Waals surface area contributed by atoms with Crippen molar-refractivity contribution in [1.29, 1.82) is 0 Å². The van der Waals surface area contributed by atoms with Crippen molar-refractivity contribution in [3.63, 3.8) is 0 Å². The SMILES string of the molecule is NCCc1nc(C(=O)c2cccc3c2OCC3)cs1. The number of ketones is 1. The Morgan fingerprint density at radius 2 is 2.37 bits per heavy atom. The third-order valence-corrected chi connectivity index (χ3v) is 4.01. The van der Waals surface area contributed by atoms with Gasteiger partial charge in [-0.05, 0) is 18.2 Å². The highest BCUT2D eigenvalue weighted by Gasteiger charge is 2.22. The van der Waals surface area contributed by atoms with E-state index in [2.05, 4.69) is 4.98 Å². The molecule has 2 N–H and O–H groups in total. The molecule has 4 nitrogen and oxygen atoms in total. The fourth-order valence-corrected chi connectivity index (χ4v) is 2.98. The zero-order valence-corrected chi connectivity index (χ0v) is 11.2. The minimum absolute atomic E-state index is 0.0710. The molecule has 2 aromatic rings. The predicted molar refractivity (Wildman–Crippen MR) is 73.9 cm³/mol.